The lowest BCUT2D eigenvalue weighted by atomic mass is 10.1. The molecule has 1 heterocycles. The lowest BCUT2D eigenvalue weighted by Gasteiger charge is -2.23. The van der Waals surface area contributed by atoms with Gasteiger partial charge < -0.3 is 20.3 Å². The van der Waals surface area contributed by atoms with E-state index in [1.165, 1.54) is 0 Å². The second-order valence-corrected chi connectivity index (χ2v) is 6.49. The number of carbonyl (C=O) groups is 1. The van der Waals surface area contributed by atoms with Gasteiger partial charge in [0.25, 0.3) is 0 Å². The molecule has 21 heavy (non-hydrogen) atoms. The highest BCUT2D eigenvalue weighted by atomic mass is 32.2. The van der Waals surface area contributed by atoms with Crippen molar-refractivity contribution >= 4 is 23.4 Å². The largest absolute Gasteiger partial charge is 0.495 e. The van der Waals surface area contributed by atoms with Gasteiger partial charge in [0.2, 0.25) is 5.91 Å². The number of hydrogen-bond acceptors (Lipinski definition) is 5. The van der Waals surface area contributed by atoms with Gasteiger partial charge in [0.05, 0.1) is 18.8 Å². The summed E-state index contributed by atoms with van der Waals surface area (Å²) >= 11 is 1.80. The minimum atomic E-state index is -0.133. The number of anilines is 1. The zero-order chi connectivity index (χ0) is 15.2. The van der Waals surface area contributed by atoms with Gasteiger partial charge in [-0.2, -0.15) is 11.8 Å². The number of methoxy groups -OCH3 is 1. The monoisotopic (exact) mass is 309 g/mol. The Kier molecular flexibility index (Phi) is 5.90. The minimum absolute atomic E-state index is 0.00232. The van der Waals surface area contributed by atoms with E-state index in [9.17, 15) is 4.79 Å². The van der Waals surface area contributed by atoms with Crippen LogP contribution in [0, 0.1) is 0 Å². The summed E-state index contributed by atoms with van der Waals surface area (Å²) < 4.78 is 5.34. The van der Waals surface area contributed by atoms with Crippen molar-refractivity contribution in [3.8, 4) is 5.75 Å². The average molecular weight is 309 g/mol. The van der Waals surface area contributed by atoms with Crippen LogP contribution in [0.1, 0.15) is 5.56 Å². The Morgan fingerprint density at radius 3 is 2.95 bits per heavy atom. The quantitative estimate of drug-likeness (QED) is 0.861. The fraction of sp³-hybridized carbons (Fsp3) is 0.533. The third-order valence-electron chi connectivity index (χ3n) is 3.26. The molecule has 1 aromatic carbocycles. The minimum Gasteiger partial charge on any atom is -0.495 e. The predicted octanol–water partition coefficient (Wildman–Crippen LogP) is 1.40. The van der Waals surface area contributed by atoms with E-state index >= 15 is 0 Å². The van der Waals surface area contributed by atoms with Crippen molar-refractivity contribution in [2.24, 2.45) is 0 Å². The maximum absolute atomic E-state index is 12.3. The molecule has 2 rings (SSSR count). The van der Waals surface area contributed by atoms with Gasteiger partial charge in [-0.15, -0.1) is 0 Å². The van der Waals surface area contributed by atoms with Crippen LogP contribution < -0.4 is 15.4 Å². The summed E-state index contributed by atoms with van der Waals surface area (Å²) in [7, 11) is 5.66. The third-order valence-corrected chi connectivity index (χ3v) is 4.32. The molecule has 5 nitrogen and oxygen atoms in total. The van der Waals surface area contributed by atoms with Gasteiger partial charge in [0.15, 0.2) is 0 Å². The number of nitrogens with zero attached hydrogens (tertiary/aromatic N) is 1. The zero-order valence-corrected chi connectivity index (χ0v) is 13.6. The molecule has 1 aliphatic rings. The van der Waals surface area contributed by atoms with Crippen LogP contribution in [0.4, 0.5) is 5.69 Å². The molecule has 1 fully saturated rings. The van der Waals surface area contributed by atoms with Gasteiger partial charge >= 0.3 is 0 Å². The number of carbonyl (C=O) groups excluding carboxylic acids is 1. The molecular weight excluding hydrogens is 286 g/mol. The summed E-state index contributed by atoms with van der Waals surface area (Å²) in [6.07, 6.45) is 0. The van der Waals surface area contributed by atoms with E-state index in [2.05, 4.69) is 15.5 Å². The van der Waals surface area contributed by atoms with Gasteiger partial charge in [-0.05, 0) is 31.8 Å². The van der Waals surface area contributed by atoms with Crippen LogP contribution in [-0.4, -0.2) is 56.1 Å². The van der Waals surface area contributed by atoms with Crippen molar-refractivity contribution in [2.75, 3.05) is 44.6 Å². The summed E-state index contributed by atoms with van der Waals surface area (Å²) in [5.41, 5.74) is 1.88. The number of ether oxygens (including phenoxy) is 1. The highest BCUT2D eigenvalue weighted by Crippen LogP contribution is 2.26. The van der Waals surface area contributed by atoms with Gasteiger partial charge in [-0.3, -0.25) is 4.79 Å². The van der Waals surface area contributed by atoms with E-state index in [4.69, 9.17) is 4.74 Å². The van der Waals surface area contributed by atoms with Crippen molar-refractivity contribution in [3.05, 3.63) is 23.8 Å². The van der Waals surface area contributed by atoms with Gasteiger partial charge in [-0.25, -0.2) is 0 Å². The lowest BCUT2D eigenvalue weighted by molar-refractivity contribution is -0.117. The predicted molar refractivity (Wildman–Crippen MR) is 88.1 cm³/mol. The summed E-state index contributed by atoms with van der Waals surface area (Å²) in [5.74, 6) is 2.56. The van der Waals surface area contributed by atoms with E-state index < -0.39 is 0 Å². The molecular formula is C15H23N3O2S. The van der Waals surface area contributed by atoms with E-state index in [0.29, 0.717) is 5.75 Å². The molecule has 1 atom stereocenters. The molecule has 116 valence electrons. The lowest BCUT2D eigenvalue weighted by Crippen LogP contribution is -2.46. The van der Waals surface area contributed by atoms with Crippen LogP contribution in [0.25, 0.3) is 0 Å². The molecule has 1 aliphatic heterocycles. The van der Waals surface area contributed by atoms with Crippen LogP contribution in [0.2, 0.25) is 0 Å². The molecule has 1 amide bonds. The van der Waals surface area contributed by atoms with Crippen molar-refractivity contribution in [3.63, 3.8) is 0 Å². The third kappa shape index (κ3) is 4.62. The van der Waals surface area contributed by atoms with Crippen LogP contribution in [0.5, 0.6) is 5.75 Å². The summed E-state index contributed by atoms with van der Waals surface area (Å²) in [6, 6.07) is 5.76. The number of rotatable bonds is 5. The number of benzene rings is 1. The molecule has 1 aromatic rings. The summed E-state index contributed by atoms with van der Waals surface area (Å²) in [5, 5.41) is 6.23. The first kappa shape index (κ1) is 16.1. The smallest absolute Gasteiger partial charge is 0.242 e. The van der Waals surface area contributed by atoms with Crippen LogP contribution >= 0.6 is 11.8 Å². The fourth-order valence-corrected chi connectivity index (χ4v) is 3.20. The molecule has 0 aliphatic carbocycles. The fourth-order valence-electron chi connectivity index (χ4n) is 2.27. The summed E-state index contributed by atoms with van der Waals surface area (Å²) in [4.78, 5) is 14.4. The van der Waals surface area contributed by atoms with Gasteiger partial charge in [0, 0.05) is 24.6 Å². The molecule has 0 aromatic heterocycles. The first-order valence-corrected chi connectivity index (χ1v) is 8.19. The maximum Gasteiger partial charge on any atom is 0.242 e. The normalized spacial score (nSPS) is 18.6. The topological polar surface area (TPSA) is 53.6 Å². The van der Waals surface area contributed by atoms with Crippen molar-refractivity contribution in [1.82, 2.24) is 10.2 Å². The van der Waals surface area contributed by atoms with Crippen LogP contribution in [-0.2, 0) is 11.3 Å². The Morgan fingerprint density at radius 2 is 2.33 bits per heavy atom. The van der Waals surface area contributed by atoms with Crippen LogP contribution in [0.3, 0.4) is 0 Å². The molecule has 0 bridgehead atoms. The molecule has 1 unspecified atom stereocenters. The summed E-state index contributed by atoms with van der Waals surface area (Å²) in [6.45, 7) is 1.70. The second-order valence-electron chi connectivity index (χ2n) is 5.34. The molecule has 1 saturated heterocycles. The highest BCUT2D eigenvalue weighted by Gasteiger charge is 2.21. The Balaban J connectivity index is 2.10. The van der Waals surface area contributed by atoms with Crippen molar-refractivity contribution in [2.45, 2.75) is 12.6 Å². The first-order chi connectivity index (χ1) is 10.1. The molecule has 0 spiro atoms. The molecule has 0 saturated carbocycles. The van der Waals surface area contributed by atoms with Gasteiger partial charge in [0.1, 0.15) is 5.75 Å². The first-order valence-electron chi connectivity index (χ1n) is 7.04. The average Bonchev–Trinajstić information content (AvgIpc) is 2.48. The SMILES string of the molecule is COc1ccc(CN(C)C)cc1NC(=O)C1CSCCN1. The molecule has 2 N–H and O–H groups in total. The Morgan fingerprint density at radius 1 is 1.52 bits per heavy atom. The maximum atomic E-state index is 12.3. The van der Waals surface area contributed by atoms with E-state index in [0.717, 1.165) is 35.8 Å². The van der Waals surface area contributed by atoms with E-state index in [1.54, 1.807) is 18.9 Å². The van der Waals surface area contributed by atoms with E-state index in [-0.39, 0.29) is 11.9 Å². The Hall–Kier alpha value is -1.24. The second kappa shape index (κ2) is 7.68. The number of amides is 1. The number of nitrogens with one attached hydrogen (secondary N) is 2. The standard InChI is InChI=1S/C15H23N3O2S/c1-18(2)9-11-4-5-14(20-3)12(8-11)17-15(19)13-10-21-7-6-16-13/h4-5,8,13,16H,6-7,9-10H2,1-3H3,(H,17,19). The number of thioether (sulfide) groups is 1. The Labute approximate surface area is 130 Å². The van der Waals surface area contributed by atoms with Crippen LogP contribution in [0.15, 0.2) is 18.2 Å². The number of hydrogen-bond donors (Lipinski definition) is 2. The van der Waals surface area contributed by atoms with Crippen molar-refractivity contribution < 1.29 is 9.53 Å². The molecule has 6 heteroatoms. The zero-order valence-electron chi connectivity index (χ0n) is 12.8. The van der Waals surface area contributed by atoms with Gasteiger partial charge in [-0.1, -0.05) is 6.07 Å². The van der Waals surface area contributed by atoms with Crippen molar-refractivity contribution in [1.29, 1.82) is 0 Å². The Bertz CT molecular complexity index is 488. The molecule has 0 radical (unpaired) electrons. The highest BCUT2D eigenvalue weighted by molar-refractivity contribution is 7.99. The van der Waals surface area contributed by atoms with E-state index in [1.807, 2.05) is 32.3 Å².